The first kappa shape index (κ1) is 19.1. The number of benzene rings is 1. The Labute approximate surface area is 155 Å². The molecule has 2 aromatic rings. The predicted octanol–water partition coefficient (Wildman–Crippen LogP) is 4.29. The van der Waals surface area contributed by atoms with E-state index < -0.39 is 17.6 Å². The van der Waals surface area contributed by atoms with Crippen molar-refractivity contribution in [1.29, 1.82) is 0 Å². The molecule has 1 N–H and O–H groups in total. The number of halogens is 3. The van der Waals surface area contributed by atoms with E-state index in [4.69, 9.17) is 0 Å². The molecule has 0 radical (unpaired) electrons. The molecule has 0 saturated carbocycles. The van der Waals surface area contributed by atoms with Crippen molar-refractivity contribution in [2.75, 3.05) is 23.3 Å². The zero-order valence-electron chi connectivity index (χ0n) is 15.2. The van der Waals surface area contributed by atoms with E-state index in [-0.39, 0.29) is 11.3 Å². The standard InChI is InChI=1S/C19H21F3N4O/c1-12-6-8-26(9-7-12)18-23-11-16(13(2)24-18)17(27)25-15-5-3-4-14(10-15)19(20,21)22/h3-5,10-12H,6-9H2,1-2H3,(H,25,27). The number of alkyl halides is 3. The van der Waals surface area contributed by atoms with E-state index in [0.717, 1.165) is 38.1 Å². The molecule has 0 atom stereocenters. The van der Waals surface area contributed by atoms with E-state index in [1.807, 2.05) is 0 Å². The van der Waals surface area contributed by atoms with Gasteiger partial charge in [0.15, 0.2) is 0 Å². The van der Waals surface area contributed by atoms with Crippen molar-refractivity contribution in [2.24, 2.45) is 5.92 Å². The van der Waals surface area contributed by atoms with Crippen LogP contribution in [0.5, 0.6) is 0 Å². The van der Waals surface area contributed by atoms with E-state index in [9.17, 15) is 18.0 Å². The van der Waals surface area contributed by atoms with Crippen LogP contribution in [-0.2, 0) is 6.18 Å². The van der Waals surface area contributed by atoms with E-state index >= 15 is 0 Å². The first-order valence-electron chi connectivity index (χ1n) is 8.81. The normalized spacial score (nSPS) is 15.7. The number of carbonyl (C=O) groups excluding carboxylic acids is 1. The molecule has 1 aromatic carbocycles. The lowest BCUT2D eigenvalue weighted by atomic mass is 10.00. The number of anilines is 2. The van der Waals surface area contributed by atoms with Crippen LogP contribution in [-0.4, -0.2) is 29.0 Å². The molecule has 1 aliphatic heterocycles. The molecule has 1 aliphatic rings. The van der Waals surface area contributed by atoms with E-state index in [2.05, 4.69) is 27.1 Å². The number of nitrogens with zero attached hydrogens (tertiary/aromatic N) is 3. The van der Waals surface area contributed by atoms with Gasteiger partial charge in [-0.05, 0) is 43.9 Å². The minimum atomic E-state index is -4.46. The van der Waals surface area contributed by atoms with Crippen LogP contribution in [0.2, 0.25) is 0 Å². The Morgan fingerprint density at radius 1 is 1.26 bits per heavy atom. The van der Waals surface area contributed by atoms with Crippen molar-refractivity contribution in [3.05, 3.63) is 47.3 Å². The quantitative estimate of drug-likeness (QED) is 0.866. The molecule has 0 spiro atoms. The van der Waals surface area contributed by atoms with Crippen molar-refractivity contribution >= 4 is 17.5 Å². The van der Waals surface area contributed by atoms with Crippen LogP contribution in [0.25, 0.3) is 0 Å². The molecule has 1 aromatic heterocycles. The number of nitrogens with one attached hydrogen (secondary N) is 1. The molecular weight excluding hydrogens is 357 g/mol. The molecule has 0 aliphatic carbocycles. The molecule has 0 bridgehead atoms. The zero-order valence-corrected chi connectivity index (χ0v) is 15.2. The molecule has 1 amide bonds. The molecule has 27 heavy (non-hydrogen) atoms. The van der Waals surface area contributed by atoms with Crippen LogP contribution in [0.15, 0.2) is 30.5 Å². The minimum Gasteiger partial charge on any atom is -0.341 e. The lowest BCUT2D eigenvalue weighted by molar-refractivity contribution is -0.137. The number of hydrogen-bond acceptors (Lipinski definition) is 4. The van der Waals surface area contributed by atoms with Crippen LogP contribution in [0.3, 0.4) is 0 Å². The topological polar surface area (TPSA) is 58.1 Å². The maximum Gasteiger partial charge on any atom is 0.416 e. The van der Waals surface area contributed by atoms with Gasteiger partial charge >= 0.3 is 6.18 Å². The second-order valence-electron chi connectivity index (χ2n) is 6.87. The van der Waals surface area contributed by atoms with Crippen molar-refractivity contribution in [2.45, 2.75) is 32.9 Å². The number of rotatable bonds is 3. The van der Waals surface area contributed by atoms with E-state index in [0.29, 0.717) is 17.6 Å². The second-order valence-corrected chi connectivity index (χ2v) is 6.87. The van der Waals surface area contributed by atoms with Crippen LogP contribution >= 0.6 is 0 Å². The summed E-state index contributed by atoms with van der Waals surface area (Å²) >= 11 is 0. The largest absolute Gasteiger partial charge is 0.416 e. The fourth-order valence-corrected chi connectivity index (χ4v) is 3.01. The van der Waals surface area contributed by atoms with Crippen molar-refractivity contribution in [1.82, 2.24) is 9.97 Å². The Morgan fingerprint density at radius 2 is 1.96 bits per heavy atom. The van der Waals surface area contributed by atoms with E-state index in [1.54, 1.807) is 6.92 Å². The van der Waals surface area contributed by atoms with Gasteiger partial charge in [0.1, 0.15) is 0 Å². The van der Waals surface area contributed by atoms with Gasteiger partial charge in [-0.2, -0.15) is 13.2 Å². The summed E-state index contributed by atoms with van der Waals surface area (Å²) in [5.74, 6) is 0.723. The van der Waals surface area contributed by atoms with E-state index in [1.165, 1.54) is 18.3 Å². The van der Waals surface area contributed by atoms with Gasteiger partial charge in [-0.15, -0.1) is 0 Å². The highest BCUT2D eigenvalue weighted by Crippen LogP contribution is 2.30. The second kappa shape index (κ2) is 7.54. The molecule has 2 heterocycles. The molecule has 144 valence electrons. The summed E-state index contributed by atoms with van der Waals surface area (Å²) < 4.78 is 38.4. The van der Waals surface area contributed by atoms with Crippen LogP contribution in [0.4, 0.5) is 24.8 Å². The van der Waals surface area contributed by atoms with Crippen LogP contribution in [0, 0.1) is 12.8 Å². The molecule has 5 nitrogen and oxygen atoms in total. The Kier molecular flexibility index (Phi) is 5.34. The van der Waals surface area contributed by atoms with Gasteiger partial charge in [0.25, 0.3) is 5.91 Å². The lowest BCUT2D eigenvalue weighted by Crippen LogP contribution is -2.34. The summed E-state index contributed by atoms with van der Waals surface area (Å²) in [7, 11) is 0. The highest BCUT2D eigenvalue weighted by Gasteiger charge is 2.30. The SMILES string of the molecule is Cc1nc(N2CCC(C)CC2)ncc1C(=O)Nc1cccc(C(F)(F)F)c1. The summed E-state index contributed by atoms with van der Waals surface area (Å²) in [6.07, 6.45) is -0.896. The molecule has 0 unspecified atom stereocenters. The fourth-order valence-electron chi connectivity index (χ4n) is 3.01. The third-order valence-electron chi connectivity index (χ3n) is 4.73. The third kappa shape index (κ3) is 4.56. The number of aromatic nitrogens is 2. The van der Waals surface area contributed by atoms with Gasteiger partial charge < -0.3 is 10.2 Å². The minimum absolute atomic E-state index is 0.0725. The Hall–Kier alpha value is -2.64. The average Bonchev–Trinajstić information content (AvgIpc) is 2.61. The number of piperidine rings is 1. The van der Waals surface area contributed by atoms with Gasteiger partial charge in [0, 0.05) is 25.0 Å². The molecule has 1 fully saturated rings. The Morgan fingerprint density at radius 3 is 2.59 bits per heavy atom. The predicted molar refractivity (Wildman–Crippen MR) is 96.8 cm³/mol. The summed E-state index contributed by atoms with van der Waals surface area (Å²) in [6.45, 7) is 5.65. The maximum absolute atomic E-state index is 12.8. The zero-order chi connectivity index (χ0) is 19.6. The molecular formula is C19H21F3N4O. The summed E-state index contributed by atoms with van der Waals surface area (Å²) in [6, 6.07) is 4.52. The van der Waals surface area contributed by atoms with Crippen LogP contribution < -0.4 is 10.2 Å². The fraction of sp³-hybridized carbons (Fsp3) is 0.421. The molecule has 3 rings (SSSR count). The molecule has 1 saturated heterocycles. The average molecular weight is 378 g/mol. The van der Waals surface area contributed by atoms with Gasteiger partial charge in [0.05, 0.1) is 16.8 Å². The van der Waals surface area contributed by atoms with Crippen molar-refractivity contribution in [3.63, 3.8) is 0 Å². The number of aryl methyl sites for hydroxylation is 1. The smallest absolute Gasteiger partial charge is 0.341 e. The highest BCUT2D eigenvalue weighted by atomic mass is 19.4. The summed E-state index contributed by atoms with van der Waals surface area (Å²) in [5, 5.41) is 2.48. The number of amides is 1. The molecule has 8 heteroatoms. The van der Waals surface area contributed by atoms with Gasteiger partial charge in [0.2, 0.25) is 5.95 Å². The van der Waals surface area contributed by atoms with Crippen LogP contribution in [0.1, 0.15) is 41.4 Å². The number of carbonyl (C=O) groups is 1. The maximum atomic E-state index is 12.8. The van der Waals surface area contributed by atoms with Crippen molar-refractivity contribution in [3.8, 4) is 0 Å². The highest BCUT2D eigenvalue weighted by molar-refractivity contribution is 6.04. The first-order valence-corrected chi connectivity index (χ1v) is 8.81. The third-order valence-corrected chi connectivity index (χ3v) is 4.73. The first-order chi connectivity index (χ1) is 12.7. The summed E-state index contributed by atoms with van der Waals surface area (Å²) in [5.41, 5.74) is -0.0177. The number of hydrogen-bond donors (Lipinski definition) is 1. The monoisotopic (exact) mass is 378 g/mol. The van der Waals surface area contributed by atoms with Gasteiger partial charge in [-0.1, -0.05) is 13.0 Å². The van der Waals surface area contributed by atoms with Gasteiger partial charge in [-0.25, -0.2) is 9.97 Å². The Bertz CT molecular complexity index is 830. The Balaban J connectivity index is 1.74. The lowest BCUT2D eigenvalue weighted by Gasteiger charge is -2.30. The van der Waals surface area contributed by atoms with Crippen molar-refractivity contribution < 1.29 is 18.0 Å². The van der Waals surface area contributed by atoms with Gasteiger partial charge in [-0.3, -0.25) is 4.79 Å². The summed E-state index contributed by atoms with van der Waals surface area (Å²) in [4.78, 5) is 23.2.